The van der Waals surface area contributed by atoms with Crippen LogP contribution in [-0.2, 0) is 16.6 Å². The van der Waals surface area contributed by atoms with E-state index >= 15 is 0 Å². The van der Waals surface area contributed by atoms with Gasteiger partial charge in [0, 0.05) is 57.9 Å². The third-order valence-electron chi connectivity index (χ3n) is 5.27. The summed E-state index contributed by atoms with van der Waals surface area (Å²) in [6.45, 7) is 2.82. The number of imidazole rings is 1. The Hall–Kier alpha value is -2.82. The normalized spacial score (nSPS) is 15.3. The number of anilines is 1. The molecule has 0 bridgehead atoms. The zero-order valence-electron chi connectivity index (χ0n) is 17.1. The van der Waals surface area contributed by atoms with Gasteiger partial charge in [-0.15, -0.1) is 0 Å². The van der Waals surface area contributed by atoms with Gasteiger partial charge in [0.25, 0.3) is 0 Å². The van der Waals surface area contributed by atoms with E-state index in [4.69, 9.17) is 0 Å². The van der Waals surface area contributed by atoms with Crippen LogP contribution in [0.25, 0.3) is 5.69 Å². The van der Waals surface area contributed by atoms with Gasteiger partial charge in [0.1, 0.15) is 11.6 Å². The zero-order valence-corrected chi connectivity index (χ0v) is 17.9. The number of nitrogens with zero attached hydrogens (tertiary/aromatic N) is 5. The van der Waals surface area contributed by atoms with Gasteiger partial charge < -0.3 is 14.8 Å². The molecule has 4 rings (SSSR count). The van der Waals surface area contributed by atoms with E-state index in [2.05, 4.69) is 20.2 Å². The molecule has 2 aromatic heterocycles. The molecule has 1 fully saturated rings. The van der Waals surface area contributed by atoms with Crippen molar-refractivity contribution in [2.45, 2.75) is 6.54 Å². The molecular formula is C21H25FN6O2S. The molecule has 31 heavy (non-hydrogen) atoms. The summed E-state index contributed by atoms with van der Waals surface area (Å²) < 4.78 is 42.8. The molecule has 164 valence electrons. The maximum Gasteiger partial charge on any atom is 0.215 e. The molecule has 1 aliphatic heterocycles. The fourth-order valence-corrected chi connectivity index (χ4v) is 4.95. The van der Waals surface area contributed by atoms with Crippen LogP contribution in [0.4, 0.5) is 10.2 Å². The topological polar surface area (TPSA) is 83.4 Å². The van der Waals surface area contributed by atoms with Crippen molar-refractivity contribution >= 4 is 15.8 Å². The maximum absolute atomic E-state index is 14.3. The number of pyridine rings is 1. The van der Waals surface area contributed by atoms with E-state index in [9.17, 15) is 12.8 Å². The van der Waals surface area contributed by atoms with E-state index in [0.717, 1.165) is 11.4 Å². The highest BCUT2D eigenvalue weighted by Crippen LogP contribution is 2.16. The summed E-state index contributed by atoms with van der Waals surface area (Å²) in [5.41, 5.74) is 1.18. The molecule has 0 aliphatic carbocycles. The average Bonchev–Trinajstić information content (AvgIpc) is 3.32. The van der Waals surface area contributed by atoms with Crippen LogP contribution in [0.1, 0.15) is 5.56 Å². The van der Waals surface area contributed by atoms with Crippen LogP contribution in [0.5, 0.6) is 0 Å². The van der Waals surface area contributed by atoms with Crippen LogP contribution in [0.3, 0.4) is 0 Å². The van der Waals surface area contributed by atoms with E-state index in [1.807, 2.05) is 24.3 Å². The van der Waals surface area contributed by atoms with Crippen molar-refractivity contribution in [3.05, 3.63) is 72.7 Å². The second kappa shape index (κ2) is 9.54. The minimum absolute atomic E-state index is 0.00614. The molecule has 0 amide bonds. The summed E-state index contributed by atoms with van der Waals surface area (Å²) in [6.07, 6.45) is 6.55. The molecule has 1 saturated heterocycles. The Morgan fingerprint density at radius 1 is 1.06 bits per heavy atom. The number of hydrogen-bond acceptors (Lipinski definition) is 6. The van der Waals surface area contributed by atoms with E-state index in [0.29, 0.717) is 45.0 Å². The third kappa shape index (κ3) is 5.27. The Morgan fingerprint density at radius 3 is 2.58 bits per heavy atom. The molecule has 0 radical (unpaired) electrons. The monoisotopic (exact) mass is 444 g/mol. The van der Waals surface area contributed by atoms with E-state index in [1.165, 1.54) is 16.7 Å². The lowest BCUT2D eigenvalue weighted by molar-refractivity contribution is 0.383. The van der Waals surface area contributed by atoms with Crippen molar-refractivity contribution in [3.8, 4) is 5.69 Å². The molecule has 0 saturated carbocycles. The number of sulfonamides is 1. The minimum atomic E-state index is -3.35. The predicted octanol–water partition coefficient (Wildman–Crippen LogP) is 1.65. The molecule has 1 aliphatic rings. The van der Waals surface area contributed by atoms with Crippen molar-refractivity contribution in [3.63, 3.8) is 0 Å². The molecule has 3 aromatic rings. The van der Waals surface area contributed by atoms with Gasteiger partial charge in [0.15, 0.2) is 0 Å². The van der Waals surface area contributed by atoms with Gasteiger partial charge in [0.2, 0.25) is 10.0 Å². The predicted molar refractivity (Wildman–Crippen MR) is 117 cm³/mol. The Labute approximate surface area is 181 Å². The summed E-state index contributed by atoms with van der Waals surface area (Å²) in [6, 6.07) is 10.7. The smallest absolute Gasteiger partial charge is 0.215 e. The second-order valence-corrected chi connectivity index (χ2v) is 9.41. The SMILES string of the molecule is O=S(=O)(CCNCc1ccc(-n2ccnc2)c(F)c1)N1CCN(c2ccccn2)CC1. The van der Waals surface area contributed by atoms with Gasteiger partial charge in [-0.2, -0.15) is 4.31 Å². The number of aromatic nitrogens is 3. The molecule has 10 heteroatoms. The number of benzene rings is 1. The quantitative estimate of drug-likeness (QED) is 0.532. The number of nitrogens with one attached hydrogen (secondary N) is 1. The molecule has 1 aromatic carbocycles. The van der Waals surface area contributed by atoms with Gasteiger partial charge in [-0.3, -0.25) is 0 Å². The van der Waals surface area contributed by atoms with Crippen LogP contribution in [-0.4, -0.2) is 65.7 Å². The lowest BCUT2D eigenvalue weighted by Gasteiger charge is -2.34. The summed E-state index contributed by atoms with van der Waals surface area (Å²) in [5, 5.41) is 3.10. The lowest BCUT2D eigenvalue weighted by Crippen LogP contribution is -2.50. The highest BCUT2D eigenvalue weighted by Gasteiger charge is 2.26. The fraction of sp³-hybridized carbons (Fsp3) is 0.333. The van der Waals surface area contributed by atoms with Crippen molar-refractivity contribution in [1.29, 1.82) is 0 Å². The van der Waals surface area contributed by atoms with Gasteiger partial charge in [0.05, 0.1) is 17.8 Å². The van der Waals surface area contributed by atoms with Crippen LogP contribution in [0.15, 0.2) is 61.3 Å². The third-order valence-corrected chi connectivity index (χ3v) is 7.14. The largest absolute Gasteiger partial charge is 0.354 e. The molecule has 3 heterocycles. The summed E-state index contributed by atoms with van der Waals surface area (Å²) in [4.78, 5) is 10.3. The molecule has 0 atom stereocenters. The van der Waals surface area contributed by atoms with E-state index in [-0.39, 0.29) is 11.6 Å². The van der Waals surface area contributed by atoms with E-state index in [1.54, 1.807) is 29.2 Å². The van der Waals surface area contributed by atoms with Crippen LogP contribution in [0.2, 0.25) is 0 Å². The summed E-state index contributed by atoms with van der Waals surface area (Å²) in [7, 11) is -3.35. The Morgan fingerprint density at radius 2 is 1.90 bits per heavy atom. The zero-order chi connectivity index (χ0) is 21.7. The highest BCUT2D eigenvalue weighted by atomic mass is 32.2. The standard InChI is InChI=1S/C21H25FN6O2S/c22-19-15-18(4-5-20(19)27-9-7-24-17-27)16-23-8-14-31(29,30)28-12-10-26(11-13-28)21-3-1-2-6-25-21/h1-7,9,15,17,23H,8,10-14,16H2. The first-order chi connectivity index (χ1) is 15.0. The molecule has 0 unspecified atom stereocenters. The minimum Gasteiger partial charge on any atom is -0.354 e. The van der Waals surface area contributed by atoms with E-state index < -0.39 is 10.0 Å². The first-order valence-electron chi connectivity index (χ1n) is 10.1. The number of halogens is 1. The van der Waals surface area contributed by atoms with Gasteiger partial charge >= 0.3 is 0 Å². The molecule has 0 spiro atoms. The van der Waals surface area contributed by atoms with Crippen molar-refractivity contribution < 1.29 is 12.8 Å². The number of rotatable bonds is 8. The van der Waals surface area contributed by atoms with Crippen LogP contribution in [0, 0.1) is 5.82 Å². The lowest BCUT2D eigenvalue weighted by atomic mass is 10.2. The Balaban J connectivity index is 1.24. The van der Waals surface area contributed by atoms with Gasteiger partial charge in [-0.25, -0.2) is 22.8 Å². The van der Waals surface area contributed by atoms with Crippen LogP contribution < -0.4 is 10.2 Å². The Bertz CT molecular complexity index is 1080. The number of hydrogen-bond donors (Lipinski definition) is 1. The Kier molecular flexibility index (Phi) is 6.59. The molecule has 1 N–H and O–H groups in total. The summed E-state index contributed by atoms with van der Waals surface area (Å²) >= 11 is 0. The summed E-state index contributed by atoms with van der Waals surface area (Å²) in [5.74, 6) is 0.523. The number of piperazine rings is 1. The average molecular weight is 445 g/mol. The highest BCUT2D eigenvalue weighted by molar-refractivity contribution is 7.89. The van der Waals surface area contributed by atoms with Gasteiger partial charge in [-0.05, 0) is 29.8 Å². The second-order valence-electron chi connectivity index (χ2n) is 7.32. The molecule has 8 nitrogen and oxygen atoms in total. The maximum atomic E-state index is 14.3. The van der Waals surface area contributed by atoms with Gasteiger partial charge in [-0.1, -0.05) is 12.1 Å². The first-order valence-corrected chi connectivity index (χ1v) is 11.8. The van der Waals surface area contributed by atoms with Crippen LogP contribution >= 0.6 is 0 Å². The molecular weight excluding hydrogens is 419 g/mol. The van der Waals surface area contributed by atoms with Crippen molar-refractivity contribution in [2.24, 2.45) is 0 Å². The first kappa shape index (κ1) is 21.4. The van der Waals surface area contributed by atoms with Crippen molar-refractivity contribution in [1.82, 2.24) is 24.2 Å². The fourth-order valence-electron chi connectivity index (χ4n) is 3.57. The van der Waals surface area contributed by atoms with Crippen molar-refractivity contribution in [2.75, 3.05) is 43.4 Å².